The summed E-state index contributed by atoms with van der Waals surface area (Å²) in [6.07, 6.45) is 7.70. The smallest absolute Gasteiger partial charge is 0.256 e. The largest absolute Gasteiger partial charge is 0.342 e. The van der Waals surface area contributed by atoms with Gasteiger partial charge in [0.05, 0.1) is 17.8 Å². The molecule has 3 heterocycles. The van der Waals surface area contributed by atoms with Crippen molar-refractivity contribution in [3.8, 4) is 0 Å². The van der Waals surface area contributed by atoms with Crippen LogP contribution in [0.3, 0.4) is 0 Å². The lowest BCUT2D eigenvalue weighted by molar-refractivity contribution is -0.139. The molecular weight excluding hydrogens is 356 g/mol. The van der Waals surface area contributed by atoms with Crippen LogP contribution in [0.2, 0.25) is 0 Å². The Morgan fingerprint density at radius 3 is 2.39 bits per heavy atom. The molecule has 3 fully saturated rings. The van der Waals surface area contributed by atoms with Crippen molar-refractivity contribution in [2.75, 3.05) is 19.6 Å². The fraction of sp³-hybridized carbons (Fsp3) is 0.714. The second-order valence-electron chi connectivity index (χ2n) is 8.91. The van der Waals surface area contributed by atoms with E-state index in [1.54, 1.807) is 0 Å². The zero-order valence-corrected chi connectivity index (χ0v) is 16.3. The van der Waals surface area contributed by atoms with E-state index in [0.717, 1.165) is 63.0 Å². The molecule has 1 aromatic heterocycles. The van der Waals surface area contributed by atoms with Gasteiger partial charge in [-0.25, -0.2) is 4.98 Å². The van der Waals surface area contributed by atoms with Crippen molar-refractivity contribution in [2.24, 2.45) is 11.8 Å². The van der Waals surface area contributed by atoms with Gasteiger partial charge in [0.15, 0.2) is 0 Å². The van der Waals surface area contributed by atoms with E-state index in [0.29, 0.717) is 31.6 Å². The Morgan fingerprint density at radius 2 is 1.68 bits per heavy atom. The SMILES string of the molecule is O=C(C1CC1)N1CCc2nc([C@H]3CCCN(C(=O)C4CCC4)C3)[nH]c(=O)c2C1. The predicted octanol–water partition coefficient (Wildman–Crippen LogP) is 1.57. The van der Waals surface area contributed by atoms with Crippen molar-refractivity contribution in [3.63, 3.8) is 0 Å². The van der Waals surface area contributed by atoms with E-state index in [2.05, 4.69) is 4.98 Å². The van der Waals surface area contributed by atoms with Crippen LogP contribution in [0.15, 0.2) is 4.79 Å². The highest BCUT2D eigenvalue weighted by molar-refractivity contribution is 5.81. The third-order valence-corrected chi connectivity index (χ3v) is 6.90. The number of fused-ring (bicyclic) bond motifs is 1. The highest BCUT2D eigenvalue weighted by atomic mass is 16.2. The number of aromatic nitrogens is 2. The molecule has 2 aliphatic heterocycles. The molecule has 1 saturated heterocycles. The second kappa shape index (κ2) is 7.01. The molecule has 1 N–H and O–H groups in total. The average Bonchev–Trinajstić information content (AvgIpc) is 3.51. The van der Waals surface area contributed by atoms with Gasteiger partial charge in [0.2, 0.25) is 11.8 Å². The summed E-state index contributed by atoms with van der Waals surface area (Å²) in [4.78, 5) is 49.3. The van der Waals surface area contributed by atoms with E-state index in [1.807, 2.05) is 9.80 Å². The first-order chi connectivity index (χ1) is 13.6. The summed E-state index contributed by atoms with van der Waals surface area (Å²) in [7, 11) is 0. The van der Waals surface area contributed by atoms with Crippen LogP contribution >= 0.6 is 0 Å². The molecule has 7 heteroatoms. The molecule has 1 aromatic rings. The molecule has 5 rings (SSSR count). The maximum Gasteiger partial charge on any atom is 0.256 e. The van der Waals surface area contributed by atoms with Gasteiger partial charge in [0.25, 0.3) is 5.56 Å². The molecule has 28 heavy (non-hydrogen) atoms. The van der Waals surface area contributed by atoms with Crippen molar-refractivity contribution >= 4 is 11.8 Å². The number of piperidine rings is 1. The molecule has 0 aromatic carbocycles. The molecule has 150 valence electrons. The maximum atomic E-state index is 12.7. The highest BCUT2D eigenvalue weighted by Gasteiger charge is 2.36. The molecule has 4 aliphatic rings. The van der Waals surface area contributed by atoms with Gasteiger partial charge in [-0.05, 0) is 38.5 Å². The van der Waals surface area contributed by atoms with Gasteiger partial charge in [-0.15, -0.1) is 0 Å². The van der Waals surface area contributed by atoms with Gasteiger partial charge in [-0.1, -0.05) is 6.42 Å². The Morgan fingerprint density at radius 1 is 0.929 bits per heavy atom. The van der Waals surface area contributed by atoms with Gasteiger partial charge in [-0.3, -0.25) is 14.4 Å². The summed E-state index contributed by atoms with van der Waals surface area (Å²) in [6, 6.07) is 0. The first-order valence-electron chi connectivity index (χ1n) is 10.8. The van der Waals surface area contributed by atoms with E-state index in [9.17, 15) is 14.4 Å². The summed E-state index contributed by atoms with van der Waals surface area (Å²) < 4.78 is 0. The number of H-pyrrole nitrogens is 1. The predicted molar refractivity (Wildman–Crippen MR) is 103 cm³/mol. The summed E-state index contributed by atoms with van der Waals surface area (Å²) >= 11 is 0. The van der Waals surface area contributed by atoms with E-state index in [1.165, 1.54) is 0 Å². The number of likely N-dealkylation sites (tertiary alicyclic amines) is 1. The lowest BCUT2D eigenvalue weighted by Crippen LogP contribution is -2.45. The van der Waals surface area contributed by atoms with E-state index < -0.39 is 0 Å². The fourth-order valence-corrected chi connectivity index (χ4v) is 4.73. The number of hydrogen-bond acceptors (Lipinski definition) is 4. The average molecular weight is 384 g/mol. The zero-order chi connectivity index (χ0) is 19.3. The third kappa shape index (κ3) is 3.25. The fourth-order valence-electron chi connectivity index (χ4n) is 4.73. The second-order valence-corrected chi connectivity index (χ2v) is 8.91. The van der Waals surface area contributed by atoms with Crippen molar-refractivity contribution in [1.82, 2.24) is 19.8 Å². The standard InChI is InChI=1S/C21H28N4O3/c26-19-16-12-25(21(28)14-6-7-14)10-8-17(16)22-18(23-19)15-5-2-9-24(11-15)20(27)13-3-1-4-13/h13-15H,1-12H2,(H,22,23,26)/t15-/m0/s1. The Kier molecular flexibility index (Phi) is 4.48. The molecule has 2 amide bonds. The van der Waals surface area contributed by atoms with Gasteiger partial charge < -0.3 is 14.8 Å². The molecule has 2 saturated carbocycles. The van der Waals surface area contributed by atoms with E-state index >= 15 is 0 Å². The van der Waals surface area contributed by atoms with Crippen LogP contribution in [-0.4, -0.2) is 51.2 Å². The molecule has 0 unspecified atom stereocenters. The number of nitrogens with zero attached hydrogens (tertiary/aromatic N) is 3. The quantitative estimate of drug-likeness (QED) is 0.857. The highest BCUT2D eigenvalue weighted by Crippen LogP contribution is 2.33. The zero-order valence-electron chi connectivity index (χ0n) is 16.3. The number of amides is 2. The van der Waals surface area contributed by atoms with Gasteiger partial charge >= 0.3 is 0 Å². The minimum absolute atomic E-state index is 0.0990. The van der Waals surface area contributed by atoms with Gasteiger partial charge in [0, 0.05) is 43.8 Å². The third-order valence-electron chi connectivity index (χ3n) is 6.90. The summed E-state index contributed by atoms with van der Waals surface area (Å²) in [5.41, 5.74) is 1.36. The lowest BCUT2D eigenvalue weighted by Gasteiger charge is -2.37. The Bertz CT molecular complexity index is 856. The number of hydrogen-bond donors (Lipinski definition) is 1. The monoisotopic (exact) mass is 384 g/mol. The number of carbonyl (C=O) groups is 2. The summed E-state index contributed by atoms with van der Waals surface area (Å²) in [5, 5.41) is 0. The van der Waals surface area contributed by atoms with Crippen LogP contribution in [0.5, 0.6) is 0 Å². The minimum atomic E-state index is -0.115. The van der Waals surface area contributed by atoms with Crippen molar-refractivity contribution in [1.29, 1.82) is 0 Å². The van der Waals surface area contributed by atoms with Crippen LogP contribution in [0.25, 0.3) is 0 Å². The topological polar surface area (TPSA) is 86.4 Å². The van der Waals surface area contributed by atoms with Crippen LogP contribution in [0.1, 0.15) is 67.9 Å². The molecule has 2 aliphatic carbocycles. The Balaban J connectivity index is 1.32. The molecular formula is C21H28N4O3. The van der Waals surface area contributed by atoms with Crippen LogP contribution in [0.4, 0.5) is 0 Å². The molecule has 1 atom stereocenters. The molecule has 0 bridgehead atoms. The normalized spacial score (nSPS) is 25.2. The van der Waals surface area contributed by atoms with Crippen molar-refractivity contribution in [2.45, 2.75) is 63.8 Å². The van der Waals surface area contributed by atoms with Gasteiger partial charge in [-0.2, -0.15) is 0 Å². The first kappa shape index (κ1) is 17.9. The van der Waals surface area contributed by atoms with Crippen molar-refractivity contribution < 1.29 is 9.59 Å². The van der Waals surface area contributed by atoms with Crippen LogP contribution < -0.4 is 5.56 Å². The van der Waals surface area contributed by atoms with Crippen molar-refractivity contribution in [3.05, 3.63) is 27.4 Å². The molecule has 0 spiro atoms. The maximum absolute atomic E-state index is 12.7. The van der Waals surface area contributed by atoms with Crippen LogP contribution in [-0.2, 0) is 22.6 Å². The summed E-state index contributed by atoms with van der Waals surface area (Å²) in [5.74, 6) is 1.68. The lowest BCUT2D eigenvalue weighted by atomic mass is 9.83. The Labute approximate surface area is 164 Å². The van der Waals surface area contributed by atoms with E-state index in [4.69, 9.17) is 4.98 Å². The molecule has 0 radical (unpaired) electrons. The number of aromatic amines is 1. The number of rotatable bonds is 3. The number of carbonyl (C=O) groups excluding carboxylic acids is 2. The number of nitrogens with one attached hydrogen (secondary N) is 1. The molecule has 7 nitrogen and oxygen atoms in total. The van der Waals surface area contributed by atoms with E-state index in [-0.39, 0.29) is 35.1 Å². The first-order valence-corrected chi connectivity index (χ1v) is 10.8. The van der Waals surface area contributed by atoms with Crippen LogP contribution in [0, 0.1) is 11.8 Å². The minimum Gasteiger partial charge on any atom is -0.342 e. The van der Waals surface area contributed by atoms with Gasteiger partial charge in [0.1, 0.15) is 5.82 Å². The summed E-state index contributed by atoms with van der Waals surface area (Å²) in [6.45, 7) is 2.50. The Hall–Kier alpha value is -2.18.